The Labute approximate surface area is 156 Å². The summed E-state index contributed by atoms with van der Waals surface area (Å²) in [7, 11) is 1.60. The number of carbonyl (C=O) groups excluding carboxylic acids is 1. The van der Waals surface area contributed by atoms with Gasteiger partial charge in [-0.05, 0) is 30.2 Å². The highest BCUT2D eigenvalue weighted by atomic mass is 35.5. The van der Waals surface area contributed by atoms with Crippen molar-refractivity contribution in [3.63, 3.8) is 0 Å². The summed E-state index contributed by atoms with van der Waals surface area (Å²) in [5, 5.41) is 9.27. The lowest BCUT2D eigenvalue weighted by atomic mass is 10.0. The molecule has 0 saturated carbocycles. The molecular formula is C20H20ClN3O2. The monoisotopic (exact) mass is 369 g/mol. The lowest BCUT2D eigenvalue weighted by Crippen LogP contribution is -2.31. The summed E-state index contributed by atoms with van der Waals surface area (Å²) < 4.78 is 1.28. The number of halogens is 1. The number of nitrogens with zero attached hydrogens (tertiary/aromatic N) is 2. The summed E-state index contributed by atoms with van der Waals surface area (Å²) >= 11 is 5.93. The quantitative estimate of drug-likeness (QED) is 0.749. The second-order valence-electron chi connectivity index (χ2n) is 6.18. The minimum Gasteiger partial charge on any atom is -0.349 e. The van der Waals surface area contributed by atoms with Gasteiger partial charge < -0.3 is 5.32 Å². The molecule has 134 valence electrons. The molecule has 0 saturated heterocycles. The SMILES string of the molecule is CC[C@H](NC(=O)Cc1nn(C)c(=O)c2ccccc12)c1ccc(Cl)cc1. The van der Waals surface area contributed by atoms with Crippen molar-refractivity contribution in [1.29, 1.82) is 0 Å². The summed E-state index contributed by atoms with van der Waals surface area (Å²) in [6.07, 6.45) is 0.869. The molecule has 1 N–H and O–H groups in total. The van der Waals surface area contributed by atoms with E-state index in [1.165, 1.54) is 4.68 Å². The van der Waals surface area contributed by atoms with E-state index >= 15 is 0 Å². The van der Waals surface area contributed by atoms with Crippen molar-refractivity contribution >= 4 is 28.3 Å². The van der Waals surface area contributed by atoms with Gasteiger partial charge in [-0.25, -0.2) is 4.68 Å². The van der Waals surface area contributed by atoms with Crippen LogP contribution in [0.4, 0.5) is 0 Å². The number of rotatable bonds is 5. The Morgan fingerprint density at radius 2 is 1.81 bits per heavy atom. The standard InChI is InChI=1S/C20H20ClN3O2/c1-3-17(13-8-10-14(21)11-9-13)22-19(25)12-18-15-6-4-5-7-16(15)20(26)24(2)23-18/h4-11,17H,3,12H2,1-2H3,(H,22,25)/t17-/m0/s1. The average Bonchev–Trinajstić information content (AvgIpc) is 2.65. The molecule has 3 rings (SSSR count). The van der Waals surface area contributed by atoms with Crippen LogP contribution in [0.3, 0.4) is 0 Å². The third-order valence-corrected chi connectivity index (χ3v) is 4.63. The highest BCUT2D eigenvalue weighted by molar-refractivity contribution is 6.30. The zero-order valence-electron chi connectivity index (χ0n) is 14.7. The lowest BCUT2D eigenvalue weighted by molar-refractivity contribution is -0.121. The van der Waals surface area contributed by atoms with Gasteiger partial charge in [0, 0.05) is 17.5 Å². The van der Waals surface area contributed by atoms with Gasteiger partial charge in [-0.1, -0.05) is 48.9 Å². The third-order valence-electron chi connectivity index (χ3n) is 4.38. The second kappa shape index (κ2) is 7.70. The van der Waals surface area contributed by atoms with Gasteiger partial charge in [-0.3, -0.25) is 9.59 Å². The van der Waals surface area contributed by atoms with Crippen molar-refractivity contribution in [1.82, 2.24) is 15.1 Å². The van der Waals surface area contributed by atoms with E-state index in [1.54, 1.807) is 19.2 Å². The molecule has 0 spiro atoms. The Hall–Kier alpha value is -2.66. The Kier molecular flexibility index (Phi) is 5.38. The molecule has 0 bridgehead atoms. The number of carbonyl (C=O) groups is 1. The first-order valence-electron chi connectivity index (χ1n) is 8.49. The number of amides is 1. The first-order valence-corrected chi connectivity index (χ1v) is 8.87. The van der Waals surface area contributed by atoms with Crippen LogP contribution in [0, 0.1) is 0 Å². The molecule has 0 fully saturated rings. The van der Waals surface area contributed by atoms with E-state index in [9.17, 15) is 9.59 Å². The van der Waals surface area contributed by atoms with E-state index in [0.717, 1.165) is 12.0 Å². The molecule has 6 heteroatoms. The molecular weight excluding hydrogens is 350 g/mol. The smallest absolute Gasteiger partial charge is 0.274 e. The van der Waals surface area contributed by atoms with E-state index in [2.05, 4.69) is 10.4 Å². The highest BCUT2D eigenvalue weighted by Crippen LogP contribution is 2.20. The van der Waals surface area contributed by atoms with E-state index < -0.39 is 0 Å². The Morgan fingerprint density at radius 1 is 1.15 bits per heavy atom. The molecule has 0 aliphatic heterocycles. The molecule has 0 aliphatic rings. The summed E-state index contributed by atoms with van der Waals surface area (Å²) in [4.78, 5) is 24.8. The Bertz CT molecular complexity index is 996. The maximum atomic E-state index is 12.6. The summed E-state index contributed by atoms with van der Waals surface area (Å²) in [6.45, 7) is 2.01. The number of hydrogen-bond acceptors (Lipinski definition) is 3. The largest absolute Gasteiger partial charge is 0.349 e. The first-order chi connectivity index (χ1) is 12.5. The topological polar surface area (TPSA) is 64.0 Å². The maximum Gasteiger partial charge on any atom is 0.274 e. The predicted molar refractivity (Wildman–Crippen MR) is 103 cm³/mol. The fourth-order valence-corrected chi connectivity index (χ4v) is 3.15. The summed E-state index contributed by atoms with van der Waals surface area (Å²) in [6, 6.07) is 14.6. The van der Waals surface area contributed by atoms with Crippen LogP contribution in [-0.4, -0.2) is 15.7 Å². The van der Waals surface area contributed by atoms with E-state index in [-0.39, 0.29) is 23.9 Å². The normalized spacial score (nSPS) is 12.1. The molecule has 1 aromatic heterocycles. The van der Waals surface area contributed by atoms with E-state index in [0.29, 0.717) is 21.5 Å². The van der Waals surface area contributed by atoms with Gasteiger partial charge in [0.2, 0.25) is 5.91 Å². The van der Waals surface area contributed by atoms with Crippen LogP contribution in [0.25, 0.3) is 10.8 Å². The van der Waals surface area contributed by atoms with Crippen LogP contribution in [0.5, 0.6) is 0 Å². The minimum absolute atomic E-state index is 0.0986. The number of aromatic nitrogens is 2. The molecule has 26 heavy (non-hydrogen) atoms. The zero-order chi connectivity index (χ0) is 18.7. The van der Waals surface area contributed by atoms with Gasteiger partial charge in [-0.2, -0.15) is 5.10 Å². The van der Waals surface area contributed by atoms with Crippen molar-refractivity contribution < 1.29 is 4.79 Å². The van der Waals surface area contributed by atoms with Crippen LogP contribution in [0.1, 0.15) is 30.6 Å². The zero-order valence-corrected chi connectivity index (χ0v) is 15.5. The van der Waals surface area contributed by atoms with Crippen molar-refractivity contribution in [2.24, 2.45) is 7.05 Å². The van der Waals surface area contributed by atoms with Gasteiger partial charge in [0.15, 0.2) is 0 Å². The van der Waals surface area contributed by atoms with Gasteiger partial charge in [0.25, 0.3) is 5.56 Å². The minimum atomic E-state index is -0.169. The number of hydrogen-bond donors (Lipinski definition) is 1. The van der Waals surface area contributed by atoms with Crippen LogP contribution >= 0.6 is 11.6 Å². The van der Waals surface area contributed by atoms with E-state index in [4.69, 9.17) is 11.6 Å². The number of aryl methyl sites for hydroxylation is 1. The molecule has 1 heterocycles. The maximum absolute atomic E-state index is 12.6. The molecule has 1 atom stereocenters. The van der Waals surface area contributed by atoms with Crippen molar-refractivity contribution in [3.05, 3.63) is 75.2 Å². The van der Waals surface area contributed by atoms with Crippen LogP contribution in [-0.2, 0) is 18.3 Å². The van der Waals surface area contributed by atoms with Crippen molar-refractivity contribution in [2.75, 3.05) is 0 Å². The van der Waals surface area contributed by atoms with Crippen LogP contribution < -0.4 is 10.9 Å². The van der Waals surface area contributed by atoms with Crippen molar-refractivity contribution in [2.45, 2.75) is 25.8 Å². The molecule has 3 aromatic rings. The number of benzene rings is 2. The Balaban J connectivity index is 1.84. The van der Waals surface area contributed by atoms with Crippen LogP contribution in [0.2, 0.25) is 5.02 Å². The van der Waals surface area contributed by atoms with Crippen LogP contribution in [0.15, 0.2) is 53.3 Å². The molecule has 0 unspecified atom stereocenters. The van der Waals surface area contributed by atoms with Gasteiger partial charge >= 0.3 is 0 Å². The fraction of sp³-hybridized carbons (Fsp3) is 0.250. The summed E-state index contributed by atoms with van der Waals surface area (Å²) in [5.41, 5.74) is 1.42. The molecule has 0 aliphatic carbocycles. The third kappa shape index (κ3) is 3.78. The van der Waals surface area contributed by atoms with Gasteiger partial charge in [0.1, 0.15) is 0 Å². The van der Waals surface area contributed by atoms with Crippen molar-refractivity contribution in [3.8, 4) is 0 Å². The molecule has 2 aromatic carbocycles. The fourth-order valence-electron chi connectivity index (χ4n) is 3.02. The first kappa shape index (κ1) is 18.1. The predicted octanol–water partition coefficient (Wildman–Crippen LogP) is 3.40. The molecule has 0 radical (unpaired) electrons. The second-order valence-corrected chi connectivity index (χ2v) is 6.61. The lowest BCUT2D eigenvalue weighted by Gasteiger charge is -2.18. The number of fused-ring (bicyclic) bond motifs is 1. The highest BCUT2D eigenvalue weighted by Gasteiger charge is 2.16. The van der Waals surface area contributed by atoms with Gasteiger partial charge in [-0.15, -0.1) is 0 Å². The van der Waals surface area contributed by atoms with E-state index in [1.807, 2.05) is 43.3 Å². The molecule has 1 amide bonds. The molecule has 5 nitrogen and oxygen atoms in total. The average molecular weight is 370 g/mol. The Morgan fingerprint density at radius 3 is 2.46 bits per heavy atom. The summed E-state index contributed by atoms with van der Waals surface area (Å²) in [5.74, 6) is -0.136. The van der Waals surface area contributed by atoms with Gasteiger partial charge in [0.05, 0.1) is 23.5 Å². The number of nitrogens with one attached hydrogen (secondary N) is 1.